The highest BCUT2D eigenvalue weighted by atomic mass is 16.3. The Hall–Kier alpha value is -3.14. The van der Waals surface area contributed by atoms with Gasteiger partial charge in [0.25, 0.3) is 0 Å². The zero-order chi connectivity index (χ0) is 16.7. The van der Waals surface area contributed by atoms with E-state index in [1.807, 2.05) is 12.1 Å². The van der Waals surface area contributed by atoms with Crippen molar-refractivity contribution in [1.29, 1.82) is 0 Å². The van der Waals surface area contributed by atoms with E-state index in [9.17, 15) is 19.8 Å². The first kappa shape index (κ1) is 16.2. The molecule has 2 N–H and O–H groups in total. The van der Waals surface area contributed by atoms with Gasteiger partial charge in [-0.15, -0.1) is 0 Å². The van der Waals surface area contributed by atoms with Crippen molar-refractivity contribution in [1.82, 2.24) is 0 Å². The summed E-state index contributed by atoms with van der Waals surface area (Å²) in [5.74, 6) is -2.52. The second kappa shape index (κ2) is 7.75. The summed E-state index contributed by atoms with van der Waals surface area (Å²) in [6.07, 6.45) is 1.98. The highest BCUT2D eigenvalue weighted by molar-refractivity contribution is 6.13. The van der Waals surface area contributed by atoms with Crippen LogP contribution in [-0.4, -0.2) is 21.8 Å². The minimum absolute atomic E-state index is 0.517. The summed E-state index contributed by atoms with van der Waals surface area (Å²) < 4.78 is 0. The van der Waals surface area contributed by atoms with Gasteiger partial charge in [-0.2, -0.15) is 0 Å². The van der Waals surface area contributed by atoms with Crippen molar-refractivity contribution in [3.63, 3.8) is 0 Å². The lowest BCUT2D eigenvalue weighted by molar-refractivity contribution is -0.125. The summed E-state index contributed by atoms with van der Waals surface area (Å²) in [6, 6.07) is 17.6. The molecule has 0 spiro atoms. The normalized spacial score (nSPS) is 12.0. The largest absolute Gasteiger partial charge is 0.504 e. The lowest BCUT2D eigenvalue weighted by Gasteiger charge is -2.01. The van der Waals surface area contributed by atoms with Gasteiger partial charge in [-0.1, -0.05) is 60.7 Å². The lowest BCUT2D eigenvalue weighted by Crippen LogP contribution is -2.11. The van der Waals surface area contributed by atoms with Crippen molar-refractivity contribution >= 4 is 23.7 Å². The van der Waals surface area contributed by atoms with Gasteiger partial charge in [-0.05, 0) is 23.3 Å². The molecule has 4 nitrogen and oxygen atoms in total. The molecule has 0 aromatic heterocycles. The first-order chi connectivity index (χ1) is 11.1. The van der Waals surface area contributed by atoms with Gasteiger partial charge in [0.05, 0.1) is 6.42 Å². The summed E-state index contributed by atoms with van der Waals surface area (Å²) >= 11 is 0. The molecule has 116 valence electrons. The van der Waals surface area contributed by atoms with Crippen LogP contribution in [0.15, 0.2) is 72.2 Å². The Balaban J connectivity index is 2.03. The third kappa shape index (κ3) is 4.97. The second-order valence-electron chi connectivity index (χ2n) is 4.90. The van der Waals surface area contributed by atoms with Crippen LogP contribution in [-0.2, 0) is 9.59 Å². The third-order valence-corrected chi connectivity index (χ3v) is 3.10. The number of hydrogen-bond acceptors (Lipinski definition) is 4. The number of rotatable bonds is 6. The molecule has 2 rings (SSSR count). The molecule has 0 heterocycles. The van der Waals surface area contributed by atoms with Gasteiger partial charge in [-0.25, -0.2) is 0 Å². The van der Waals surface area contributed by atoms with Gasteiger partial charge in [0, 0.05) is 0 Å². The Labute approximate surface area is 134 Å². The molecule has 0 saturated carbocycles. The SMILES string of the molecule is O=C(CC(=O)C(O)=Cc1ccccc1)C(O)=Cc1ccccc1. The fraction of sp³-hybridized carbons (Fsp3) is 0.0526. The van der Waals surface area contributed by atoms with Gasteiger partial charge >= 0.3 is 0 Å². The zero-order valence-corrected chi connectivity index (χ0v) is 12.3. The molecular formula is C19H16O4. The zero-order valence-electron chi connectivity index (χ0n) is 12.3. The average Bonchev–Trinajstić information content (AvgIpc) is 2.56. The molecule has 0 atom stereocenters. The van der Waals surface area contributed by atoms with Crippen LogP contribution < -0.4 is 0 Å². The first-order valence-electron chi connectivity index (χ1n) is 7.04. The maximum atomic E-state index is 11.8. The number of aliphatic hydroxyl groups excluding tert-OH is 2. The van der Waals surface area contributed by atoms with Crippen molar-refractivity contribution in [2.45, 2.75) is 6.42 Å². The second-order valence-corrected chi connectivity index (χ2v) is 4.90. The van der Waals surface area contributed by atoms with E-state index in [4.69, 9.17) is 0 Å². The van der Waals surface area contributed by atoms with Gasteiger partial charge in [0.15, 0.2) is 11.5 Å². The Kier molecular flexibility index (Phi) is 5.47. The van der Waals surface area contributed by atoms with Crippen LogP contribution in [0.5, 0.6) is 0 Å². The van der Waals surface area contributed by atoms with Crippen molar-refractivity contribution in [2.24, 2.45) is 0 Å². The molecule has 0 aliphatic rings. The lowest BCUT2D eigenvalue weighted by atomic mass is 10.1. The van der Waals surface area contributed by atoms with Crippen molar-refractivity contribution in [3.05, 3.63) is 83.3 Å². The Morgan fingerprint density at radius 2 is 1.04 bits per heavy atom. The van der Waals surface area contributed by atoms with E-state index in [0.717, 1.165) is 0 Å². The maximum Gasteiger partial charge on any atom is 0.204 e. The average molecular weight is 308 g/mol. The third-order valence-electron chi connectivity index (χ3n) is 3.10. The summed E-state index contributed by atoms with van der Waals surface area (Å²) in [6.45, 7) is 0. The quantitative estimate of drug-likeness (QED) is 0.484. The molecule has 0 aliphatic carbocycles. The maximum absolute atomic E-state index is 11.8. The number of ketones is 2. The van der Waals surface area contributed by atoms with E-state index in [1.54, 1.807) is 48.5 Å². The molecular weight excluding hydrogens is 292 g/mol. The molecule has 23 heavy (non-hydrogen) atoms. The van der Waals surface area contributed by atoms with E-state index in [-0.39, 0.29) is 0 Å². The van der Waals surface area contributed by atoms with Crippen LogP contribution in [0.4, 0.5) is 0 Å². The molecule has 0 saturated heterocycles. The van der Waals surface area contributed by atoms with Crippen LogP contribution in [0, 0.1) is 0 Å². The van der Waals surface area contributed by atoms with E-state index in [0.29, 0.717) is 11.1 Å². The summed E-state index contributed by atoms with van der Waals surface area (Å²) in [5, 5.41) is 19.5. The van der Waals surface area contributed by atoms with E-state index in [2.05, 4.69) is 0 Å². The summed E-state index contributed by atoms with van der Waals surface area (Å²) in [7, 11) is 0. The first-order valence-corrected chi connectivity index (χ1v) is 7.04. The fourth-order valence-corrected chi connectivity index (χ4v) is 1.90. The Bertz CT molecular complexity index is 678. The summed E-state index contributed by atoms with van der Waals surface area (Å²) in [4.78, 5) is 23.7. The van der Waals surface area contributed by atoms with E-state index >= 15 is 0 Å². The van der Waals surface area contributed by atoms with Gasteiger partial charge in [0.1, 0.15) is 0 Å². The number of carbonyl (C=O) groups excluding carboxylic acids is 2. The number of aliphatic hydroxyl groups is 2. The van der Waals surface area contributed by atoms with Crippen molar-refractivity contribution in [2.75, 3.05) is 0 Å². The van der Waals surface area contributed by atoms with Crippen LogP contribution in [0.3, 0.4) is 0 Å². The van der Waals surface area contributed by atoms with Crippen molar-refractivity contribution in [3.8, 4) is 0 Å². The van der Waals surface area contributed by atoms with Gasteiger partial charge in [-0.3, -0.25) is 9.59 Å². The van der Waals surface area contributed by atoms with Crippen LogP contribution in [0.1, 0.15) is 17.5 Å². The molecule has 2 aromatic carbocycles. The van der Waals surface area contributed by atoms with E-state index in [1.165, 1.54) is 12.2 Å². The van der Waals surface area contributed by atoms with Crippen molar-refractivity contribution < 1.29 is 19.8 Å². The number of carbonyl (C=O) groups is 2. The number of hydrogen-bond donors (Lipinski definition) is 2. The topological polar surface area (TPSA) is 74.6 Å². The van der Waals surface area contributed by atoms with Gasteiger partial charge in [0.2, 0.25) is 11.6 Å². The predicted molar refractivity (Wildman–Crippen MR) is 88.7 cm³/mol. The molecule has 0 fully saturated rings. The van der Waals surface area contributed by atoms with Crippen LogP contribution in [0.2, 0.25) is 0 Å². The molecule has 0 amide bonds. The monoisotopic (exact) mass is 308 g/mol. The molecule has 2 aromatic rings. The number of Topliss-reactive ketones (excluding diaryl/α,β-unsaturated/α-hetero) is 2. The summed E-state index contributed by atoms with van der Waals surface area (Å²) in [5.41, 5.74) is 1.30. The predicted octanol–water partition coefficient (Wildman–Crippen LogP) is 3.71. The van der Waals surface area contributed by atoms with Crippen LogP contribution >= 0.6 is 0 Å². The molecule has 0 bridgehead atoms. The molecule has 4 heteroatoms. The molecule has 0 radical (unpaired) electrons. The minimum atomic E-state index is -0.744. The smallest absolute Gasteiger partial charge is 0.204 e. The minimum Gasteiger partial charge on any atom is -0.504 e. The Morgan fingerprint density at radius 3 is 1.39 bits per heavy atom. The number of benzene rings is 2. The van der Waals surface area contributed by atoms with E-state index < -0.39 is 29.5 Å². The highest BCUT2D eigenvalue weighted by Crippen LogP contribution is 2.10. The standard InChI is InChI=1S/C19H16O4/c20-16(11-14-7-3-1-4-8-14)18(22)13-19(23)17(21)12-15-9-5-2-6-10-15/h1-12,20-21H,13H2. The Morgan fingerprint density at radius 1 is 0.696 bits per heavy atom. The van der Waals surface area contributed by atoms with Gasteiger partial charge < -0.3 is 10.2 Å². The highest BCUT2D eigenvalue weighted by Gasteiger charge is 2.16. The molecule has 0 aliphatic heterocycles. The fourth-order valence-electron chi connectivity index (χ4n) is 1.90. The number of allylic oxidation sites excluding steroid dienone is 2. The van der Waals surface area contributed by atoms with Crippen LogP contribution in [0.25, 0.3) is 12.2 Å². The molecule has 0 unspecified atom stereocenters.